The first kappa shape index (κ1) is 85.5. The second-order valence-electron chi connectivity index (χ2n) is 20.4. The Morgan fingerprint density at radius 2 is 0.760 bits per heavy atom. The number of alkyl halides is 12. The van der Waals surface area contributed by atoms with E-state index in [1.165, 1.54) is 74.4 Å². The Balaban J connectivity index is 0.000000328. The van der Waals surface area contributed by atoms with Crippen molar-refractivity contribution in [3.8, 4) is 33.5 Å². The quantitative estimate of drug-likeness (QED) is 0.0388. The molecule has 0 atom stereocenters. The van der Waals surface area contributed by atoms with Crippen LogP contribution in [-0.2, 0) is 29.4 Å². The summed E-state index contributed by atoms with van der Waals surface area (Å²) in [5, 5.41) is 6.29. The molecule has 0 radical (unpaired) electrons. The number of aromatic nitrogens is 5. The molecule has 526 valence electrons. The summed E-state index contributed by atoms with van der Waals surface area (Å²) in [6.07, 6.45) is -5.91. The normalized spacial score (nSPS) is 11.0. The second-order valence-corrected chi connectivity index (χ2v) is 23.0. The molecule has 0 saturated carbocycles. The van der Waals surface area contributed by atoms with Gasteiger partial charge in [0.05, 0.1) is 52.4 Å². The number of halogens is 17. The number of methoxy groups -OCH3 is 1. The van der Waals surface area contributed by atoms with Gasteiger partial charge < -0.3 is 4.74 Å². The number of ether oxygens (including phenoxy) is 1. The smallest absolute Gasteiger partial charge is 0.416 e. The molecule has 7 aromatic carbocycles. The highest BCUT2D eigenvalue weighted by Crippen LogP contribution is 2.40. The highest BCUT2D eigenvalue weighted by molar-refractivity contribution is 14.1. The van der Waals surface area contributed by atoms with Crippen molar-refractivity contribution in [1.82, 2.24) is 24.9 Å². The zero-order valence-corrected chi connectivity index (χ0v) is 54.3. The number of hydrogen-bond acceptors (Lipinski definition) is 8. The van der Waals surface area contributed by atoms with Gasteiger partial charge in [0.25, 0.3) is 0 Å². The van der Waals surface area contributed by atoms with E-state index in [1.54, 1.807) is 60.9 Å². The summed E-state index contributed by atoms with van der Waals surface area (Å²) in [6.45, 7) is 4.04. The van der Waals surface area contributed by atoms with Crippen molar-refractivity contribution in [1.29, 1.82) is 0 Å². The molecule has 0 amide bonds. The third kappa shape index (κ3) is 21.2. The highest BCUT2D eigenvalue weighted by atomic mass is 127. The lowest BCUT2D eigenvalue weighted by atomic mass is 9.96. The van der Waals surface area contributed by atoms with E-state index in [1.807, 2.05) is 60.7 Å². The summed E-state index contributed by atoms with van der Waals surface area (Å²) >= 11 is 25.3. The van der Waals surface area contributed by atoms with Gasteiger partial charge in [-0.25, -0.2) is 19.9 Å². The lowest BCUT2D eigenvalue weighted by molar-refractivity contribution is -0.138. The van der Waals surface area contributed by atoms with Gasteiger partial charge in [-0.05, 0) is 188 Å². The second kappa shape index (κ2) is 36.6. The lowest BCUT2D eigenvalue weighted by Crippen LogP contribution is -2.04. The number of hydrogen-bond donors (Lipinski definition) is 0. The van der Waals surface area contributed by atoms with E-state index in [9.17, 15) is 62.3 Å². The molecule has 0 aliphatic carbocycles. The van der Waals surface area contributed by atoms with Crippen LogP contribution in [0.25, 0.3) is 82.7 Å². The Hall–Kier alpha value is -8.74. The van der Waals surface area contributed by atoms with Crippen molar-refractivity contribution >= 4 is 131 Å². The van der Waals surface area contributed by atoms with Crippen LogP contribution in [0.4, 0.5) is 52.7 Å². The summed E-state index contributed by atoms with van der Waals surface area (Å²) in [4.78, 5) is 41.1. The molecule has 5 heterocycles. The number of rotatable bonds is 7. The molecule has 0 N–H and O–H groups in total. The average Bonchev–Trinajstić information content (AvgIpc) is 0.770. The van der Waals surface area contributed by atoms with Crippen LogP contribution in [0.1, 0.15) is 96.8 Å². The number of fused-ring (bicyclic) bond motifs is 6. The molecule has 12 rings (SSSR count). The number of benzene rings is 7. The van der Waals surface area contributed by atoms with Crippen LogP contribution in [0, 0.1) is 17.4 Å². The van der Waals surface area contributed by atoms with Gasteiger partial charge in [-0.1, -0.05) is 161 Å². The third-order valence-electron chi connectivity index (χ3n) is 14.0. The number of carbonyl (C=O) groups is 2. The van der Waals surface area contributed by atoms with E-state index in [4.69, 9.17) is 51.1 Å². The van der Waals surface area contributed by atoms with Crippen molar-refractivity contribution < 1.29 is 67.0 Å². The molecule has 0 unspecified atom stereocenters. The number of nitrogens with zero attached hydrogens (tertiary/aromatic N) is 5. The van der Waals surface area contributed by atoms with Crippen LogP contribution in [0.5, 0.6) is 0 Å². The fraction of sp³-hybridized carbons (Fsp3) is 0.160. The molecule has 0 spiro atoms. The Morgan fingerprint density at radius 3 is 1.20 bits per heavy atom. The number of aldehydes is 2. The molecular formula is C75H64Cl4F12IN5O3. The summed E-state index contributed by atoms with van der Waals surface area (Å²) in [7, 11) is 1.46. The molecule has 0 fully saturated rings. The van der Waals surface area contributed by atoms with Gasteiger partial charge in [-0.3, -0.25) is 14.6 Å². The minimum absolute atomic E-state index is 0. The summed E-state index contributed by atoms with van der Waals surface area (Å²) in [5.41, 5.74) is 3.79. The fourth-order valence-electron chi connectivity index (χ4n) is 9.69. The average molecular weight is 1580 g/mol. The van der Waals surface area contributed by atoms with Crippen LogP contribution >= 0.6 is 69.0 Å². The molecule has 12 aromatic rings. The Labute approximate surface area is 604 Å². The minimum Gasteiger partial charge on any atom is -0.504 e. The van der Waals surface area contributed by atoms with E-state index in [0.717, 1.165) is 90.0 Å². The van der Waals surface area contributed by atoms with Crippen molar-refractivity contribution in [3.63, 3.8) is 0 Å². The molecule has 0 bridgehead atoms. The van der Waals surface area contributed by atoms with Gasteiger partial charge in [0, 0.05) is 56.5 Å². The third-order valence-corrected chi connectivity index (χ3v) is 16.2. The van der Waals surface area contributed by atoms with Crippen LogP contribution in [0.3, 0.4) is 0 Å². The van der Waals surface area contributed by atoms with Crippen LogP contribution in [0.15, 0.2) is 195 Å². The number of aryl methyl sites for hydroxylation is 2. The van der Waals surface area contributed by atoms with E-state index in [2.05, 4.69) is 31.0 Å². The van der Waals surface area contributed by atoms with Crippen LogP contribution in [0.2, 0.25) is 20.6 Å². The standard InChI is InChI=1S/C22H16F3N.C15H11ClF3NO.C14H7ClF3N.C13H7ClF3NO.C6H3ClINO.5CH4/c1-13-9-14(2)11-16(10-13)21-19-6-4-15-3-5-17(22(23,24)25)12-20(15)18(19)7-8-26-21;1-21-8-6-13-12(5-7-20-14(13)16)10-3-2-4-11(9-10)15(17,18)19;15-13-11-4-2-8-1-3-9(14(16,17)18)7-12(8)10(11)5-6-19-13;14-12-11(7-19)10(4-5-18-12)8-2-1-3-9(6-8)13(15,16)17;7-6-4(3-10)5(8)1-2-9-6;;;;;/h3-12H,1-2H3;2-9H,1H3;2*1-7H;1-3H;5*1H4/b;8-6+;;;;;;;;. The van der Waals surface area contributed by atoms with Crippen LogP contribution in [-0.4, -0.2) is 44.6 Å². The molecule has 0 aliphatic rings. The van der Waals surface area contributed by atoms with Crippen molar-refractivity contribution in [2.45, 2.75) is 75.7 Å². The van der Waals surface area contributed by atoms with Gasteiger partial charge in [-0.2, -0.15) is 52.7 Å². The highest BCUT2D eigenvalue weighted by Gasteiger charge is 2.33. The van der Waals surface area contributed by atoms with Gasteiger partial charge in [0.2, 0.25) is 0 Å². The molecular weight excluding hydrogens is 1520 g/mol. The van der Waals surface area contributed by atoms with E-state index in [-0.39, 0.29) is 68.9 Å². The topological polar surface area (TPSA) is 108 Å². The van der Waals surface area contributed by atoms with E-state index >= 15 is 0 Å². The number of carbonyl (C=O) groups excluding carboxylic acids is 2. The Kier molecular flexibility index (Phi) is 31.2. The maximum Gasteiger partial charge on any atom is 0.416 e. The van der Waals surface area contributed by atoms with E-state index in [0.29, 0.717) is 61.9 Å². The zero-order chi connectivity index (χ0) is 69.2. The first-order valence-electron chi connectivity index (χ1n) is 27.5. The SMILES string of the molecule is C.C.C.C.C.CO/C=C/c1c(-c2cccc(C(F)(F)F)c2)ccnc1Cl.Cc1cc(C)cc(-c2nccc3c2ccc2ccc(C(F)(F)F)cc23)c1.FC(F)(F)c1ccc2ccc3c(Cl)nccc3c2c1.O=Cc1c(-c2cccc(C(F)(F)F)c2)ccnc1Cl.O=Cc1c(I)ccnc1Cl. The molecule has 8 nitrogen and oxygen atoms in total. The fourth-order valence-corrected chi connectivity index (χ4v) is 11.2. The van der Waals surface area contributed by atoms with Crippen molar-refractivity contribution in [3.05, 3.63) is 269 Å². The summed E-state index contributed by atoms with van der Waals surface area (Å²) < 4.78 is 160. The lowest BCUT2D eigenvalue weighted by Gasteiger charge is -2.12. The van der Waals surface area contributed by atoms with Gasteiger partial charge >= 0.3 is 24.7 Å². The van der Waals surface area contributed by atoms with Crippen molar-refractivity contribution in [2.75, 3.05) is 7.11 Å². The monoisotopic (exact) mass is 1580 g/mol. The largest absolute Gasteiger partial charge is 0.504 e. The number of pyridine rings is 5. The first-order chi connectivity index (χ1) is 44.9. The Morgan fingerprint density at radius 1 is 0.380 bits per heavy atom. The first-order valence-corrected chi connectivity index (χ1v) is 30.1. The Bertz CT molecular complexity index is 4800. The maximum atomic E-state index is 13.1. The van der Waals surface area contributed by atoms with Crippen molar-refractivity contribution in [2.24, 2.45) is 0 Å². The summed E-state index contributed by atoms with van der Waals surface area (Å²) in [6, 6.07) is 39.0. The van der Waals surface area contributed by atoms with Gasteiger partial charge in [0.1, 0.15) is 20.6 Å². The van der Waals surface area contributed by atoms with Crippen LogP contribution < -0.4 is 0 Å². The molecule has 5 aromatic heterocycles. The zero-order valence-electron chi connectivity index (χ0n) is 49.1. The predicted molar refractivity (Wildman–Crippen MR) is 390 cm³/mol. The predicted octanol–water partition coefficient (Wildman–Crippen LogP) is 26.4. The maximum absolute atomic E-state index is 13.1. The van der Waals surface area contributed by atoms with Gasteiger partial charge in [0.15, 0.2) is 12.6 Å². The molecule has 100 heavy (non-hydrogen) atoms. The molecule has 25 heteroatoms. The van der Waals surface area contributed by atoms with E-state index < -0.39 is 47.0 Å². The van der Waals surface area contributed by atoms with Gasteiger partial charge in [-0.15, -0.1) is 0 Å². The minimum atomic E-state index is -4.44. The molecule has 0 saturated heterocycles. The molecule has 0 aliphatic heterocycles. The summed E-state index contributed by atoms with van der Waals surface area (Å²) in [5.74, 6) is 0.